The molecule has 2 aromatic carbocycles. The third-order valence-corrected chi connectivity index (χ3v) is 12.3. The topological polar surface area (TPSA) is 257 Å². The van der Waals surface area contributed by atoms with Crippen molar-refractivity contribution in [1.29, 1.82) is 0 Å². The van der Waals surface area contributed by atoms with Gasteiger partial charge in [-0.3, -0.25) is 28.8 Å². The average molecular weight is 817 g/mol. The number of hydrogen-bond donors (Lipinski definition) is 11. The number of nitrogens with one attached hydrogen (secondary N) is 9. The van der Waals surface area contributed by atoms with Gasteiger partial charge in [0.2, 0.25) is 35.4 Å². The lowest BCUT2D eigenvalue weighted by Gasteiger charge is -2.27. The number of phenolic OH excluding ortho intramolecular Hbond substituents is 1. The van der Waals surface area contributed by atoms with Gasteiger partial charge in [-0.25, -0.2) is 0 Å². The Morgan fingerprint density at radius 3 is 1.95 bits per heavy atom. The molecule has 12 N–H and O–H groups in total. The summed E-state index contributed by atoms with van der Waals surface area (Å²) in [5.41, 5.74) is 7.29. The Morgan fingerprint density at radius 1 is 0.678 bits per heavy atom. The van der Waals surface area contributed by atoms with E-state index >= 15 is 0 Å². The number of primary amides is 1. The van der Waals surface area contributed by atoms with E-state index in [1.54, 1.807) is 24.3 Å². The second-order valence-electron chi connectivity index (χ2n) is 16.4. The van der Waals surface area contributed by atoms with Gasteiger partial charge < -0.3 is 58.7 Å². The van der Waals surface area contributed by atoms with Crippen molar-refractivity contribution in [3.05, 3.63) is 65.7 Å². The Bertz CT molecular complexity index is 1780. The Hall–Kier alpha value is -5.10. The minimum atomic E-state index is -0.639. The van der Waals surface area contributed by atoms with E-state index in [1.165, 1.54) is 0 Å². The fraction of sp³-hybridized carbons (Fsp3) is 0.571. The molecule has 2 aromatic rings. The molecule has 17 heteroatoms. The Labute approximate surface area is 344 Å². The number of aromatic hydroxyl groups is 1. The highest BCUT2D eigenvalue weighted by Gasteiger charge is 2.41. The summed E-state index contributed by atoms with van der Waals surface area (Å²) in [5.74, 6) is -4.28. The van der Waals surface area contributed by atoms with Crippen LogP contribution in [0, 0.1) is 29.6 Å². The van der Waals surface area contributed by atoms with E-state index in [2.05, 4.69) is 47.9 Å². The van der Waals surface area contributed by atoms with Crippen LogP contribution in [0.5, 0.6) is 5.75 Å². The fourth-order valence-electron chi connectivity index (χ4n) is 8.95. The van der Waals surface area contributed by atoms with Gasteiger partial charge in [0.05, 0.1) is 47.7 Å². The first-order valence-electron chi connectivity index (χ1n) is 20.9. The van der Waals surface area contributed by atoms with Crippen LogP contribution in [0.15, 0.2) is 54.6 Å². The SMILES string of the molecule is CNC1CCCC1C(=O)NC[C@H](Cc1ccc(O)cc1)C(=O)NC1CNCC1C(=O)NC1CNCC1C(=O)N[C@H](CC(=O)NC1CNCC1C(N)=O)Cc1ccccc1. The lowest BCUT2D eigenvalue weighted by Crippen LogP contribution is -2.54. The summed E-state index contributed by atoms with van der Waals surface area (Å²) >= 11 is 0. The van der Waals surface area contributed by atoms with Gasteiger partial charge in [-0.2, -0.15) is 0 Å². The Morgan fingerprint density at radius 2 is 1.29 bits per heavy atom. The molecule has 4 fully saturated rings. The van der Waals surface area contributed by atoms with Crippen LogP contribution in [0.25, 0.3) is 0 Å². The molecule has 6 rings (SSSR count). The van der Waals surface area contributed by atoms with E-state index in [0.717, 1.165) is 30.4 Å². The van der Waals surface area contributed by atoms with Crippen molar-refractivity contribution >= 4 is 35.4 Å². The van der Waals surface area contributed by atoms with E-state index in [4.69, 9.17) is 5.73 Å². The molecular weight excluding hydrogens is 757 g/mol. The van der Waals surface area contributed by atoms with Crippen LogP contribution in [-0.2, 0) is 41.6 Å². The number of nitrogens with two attached hydrogens (primary N) is 1. The second-order valence-corrected chi connectivity index (χ2v) is 16.4. The van der Waals surface area contributed by atoms with Crippen LogP contribution in [0.3, 0.4) is 0 Å². The number of benzene rings is 2. The van der Waals surface area contributed by atoms with Crippen LogP contribution in [0.1, 0.15) is 36.8 Å². The van der Waals surface area contributed by atoms with Crippen LogP contribution in [-0.4, -0.2) is 124 Å². The zero-order valence-electron chi connectivity index (χ0n) is 33.6. The number of amides is 6. The molecule has 320 valence electrons. The van der Waals surface area contributed by atoms with Gasteiger partial charge in [0.15, 0.2) is 0 Å². The minimum absolute atomic E-state index is 0.0244. The zero-order valence-corrected chi connectivity index (χ0v) is 33.6. The van der Waals surface area contributed by atoms with Crippen molar-refractivity contribution in [1.82, 2.24) is 47.9 Å². The molecule has 3 saturated heterocycles. The van der Waals surface area contributed by atoms with Gasteiger partial charge in [-0.15, -0.1) is 0 Å². The first-order valence-corrected chi connectivity index (χ1v) is 20.9. The molecule has 17 nitrogen and oxygen atoms in total. The molecule has 59 heavy (non-hydrogen) atoms. The summed E-state index contributed by atoms with van der Waals surface area (Å²) in [5, 5.41) is 37.7. The molecule has 10 atom stereocenters. The van der Waals surface area contributed by atoms with E-state index in [9.17, 15) is 33.9 Å². The Kier molecular flexibility index (Phi) is 15.3. The highest BCUT2D eigenvalue weighted by Crippen LogP contribution is 2.26. The molecule has 1 saturated carbocycles. The minimum Gasteiger partial charge on any atom is -0.508 e. The van der Waals surface area contributed by atoms with Crippen LogP contribution in [0.2, 0.25) is 0 Å². The van der Waals surface area contributed by atoms with E-state index in [-0.39, 0.29) is 60.2 Å². The first kappa shape index (κ1) is 43.5. The maximum Gasteiger partial charge on any atom is 0.226 e. The zero-order chi connectivity index (χ0) is 41.9. The predicted octanol–water partition coefficient (Wildman–Crippen LogP) is -2.23. The van der Waals surface area contributed by atoms with Crippen LogP contribution < -0.4 is 53.6 Å². The van der Waals surface area contributed by atoms with E-state index in [0.29, 0.717) is 52.1 Å². The third-order valence-electron chi connectivity index (χ3n) is 12.3. The monoisotopic (exact) mass is 816 g/mol. The molecule has 0 radical (unpaired) electrons. The molecule has 0 spiro atoms. The van der Waals surface area contributed by atoms with Gasteiger partial charge in [0, 0.05) is 64.3 Å². The summed E-state index contributed by atoms with van der Waals surface area (Å²) in [4.78, 5) is 80.0. The van der Waals surface area contributed by atoms with Gasteiger partial charge in [0.1, 0.15) is 5.75 Å². The van der Waals surface area contributed by atoms with Crippen molar-refractivity contribution < 1.29 is 33.9 Å². The van der Waals surface area contributed by atoms with Gasteiger partial charge in [0.25, 0.3) is 0 Å². The highest BCUT2D eigenvalue weighted by molar-refractivity contribution is 5.87. The van der Waals surface area contributed by atoms with Gasteiger partial charge in [-0.1, -0.05) is 48.9 Å². The molecule has 4 aliphatic rings. The quantitative estimate of drug-likeness (QED) is 0.0768. The second kappa shape index (κ2) is 20.7. The summed E-state index contributed by atoms with van der Waals surface area (Å²) in [7, 11) is 1.85. The van der Waals surface area contributed by atoms with Crippen molar-refractivity contribution in [3.8, 4) is 5.75 Å². The molecule has 8 unspecified atom stereocenters. The number of rotatable bonds is 18. The molecule has 1 aliphatic carbocycles. The van der Waals surface area contributed by atoms with Gasteiger partial charge >= 0.3 is 0 Å². The normalized spacial score (nSPS) is 27.3. The molecule has 0 aromatic heterocycles. The summed E-state index contributed by atoms with van der Waals surface area (Å²) in [6.07, 6.45) is 3.33. The average Bonchev–Trinajstić information content (AvgIpc) is 4.05. The number of carbonyl (C=O) groups excluding carboxylic acids is 6. The van der Waals surface area contributed by atoms with Crippen molar-refractivity contribution in [2.45, 2.75) is 68.7 Å². The predicted molar refractivity (Wildman–Crippen MR) is 219 cm³/mol. The third kappa shape index (κ3) is 11.8. The highest BCUT2D eigenvalue weighted by atomic mass is 16.3. The summed E-state index contributed by atoms with van der Waals surface area (Å²) < 4.78 is 0. The largest absolute Gasteiger partial charge is 0.508 e. The number of carbonyl (C=O) groups is 6. The van der Waals surface area contributed by atoms with Crippen LogP contribution >= 0.6 is 0 Å². The van der Waals surface area contributed by atoms with Crippen LogP contribution in [0.4, 0.5) is 0 Å². The maximum absolute atomic E-state index is 13.9. The molecular formula is C42H60N10O7. The van der Waals surface area contributed by atoms with Crippen molar-refractivity contribution in [2.24, 2.45) is 35.3 Å². The summed E-state index contributed by atoms with van der Waals surface area (Å²) in [6, 6.07) is 14.1. The smallest absolute Gasteiger partial charge is 0.226 e. The lowest BCUT2D eigenvalue weighted by molar-refractivity contribution is -0.129. The van der Waals surface area contributed by atoms with Crippen molar-refractivity contribution in [3.63, 3.8) is 0 Å². The fourth-order valence-corrected chi connectivity index (χ4v) is 8.95. The molecule has 6 amide bonds. The molecule has 3 heterocycles. The van der Waals surface area contributed by atoms with E-state index in [1.807, 2.05) is 37.4 Å². The molecule has 0 bridgehead atoms. The Balaban J connectivity index is 1.06. The maximum atomic E-state index is 13.9. The van der Waals surface area contributed by atoms with Gasteiger partial charge in [-0.05, 0) is 56.0 Å². The summed E-state index contributed by atoms with van der Waals surface area (Å²) in [6.45, 7) is 2.27. The number of hydrogen-bond acceptors (Lipinski definition) is 11. The standard InChI is InChI=1S/C42H60N10O7/c1-44-33-9-5-8-29(33)40(57)48-17-26(14-25-10-12-28(53)13-11-25)39(56)51-35-22-47-20-32(35)42(59)52-36-23-46-19-31(36)41(58)49-27(15-24-6-3-2-4-7-24)16-37(54)50-34-21-45-18-30(34)38(43)55/h2-4,6-7,10-13,26-27,29-36,44-47,53H,5,8-9,14-23H2,1H3,(H2,43,55)(H,48,57)(H,49,58)(H,50,54)(H,51,56)(H,52,59)/t26-,27-,29?,30?,31?,32?,33?,34?,35?,36?/m0/s1. The molecule has 3 aliphatic heterocycles. The lowest BCUT2D eigenvalue weighted by atomic mass is 9.95. The van der Waals surface area contributed by atoms with Crippen molar-refractivity contribution in [2.75, 3.05) is 52.9 Å². The first-order chi connectivity index (χ1) is 28.5. The number of phenols is 1. The van der Waals surface area contributed by atoms with E-state index < -0.39 is 53.7 Å².